The van der Waals surface area contributed by atoms with Crippen LogP contribution in [0.4, 0.5) is 68.2 Å². The minimum absolute atomic E-state index is 1.11. The van der Waals surface area contributed by atoms with Crippen molar-refractivity contribution in [2.75, 3.05) is 19.6 Å². The van der Waals surface area contributed by atoms with Gasteiger partial charge in [-0.15, -0.1) is 0 Å². The molecule has 0 saturated heterocycles. The highest BCUT2D eigenvalue weighted by atomic mass is 15.2. The minimum atomic E-state index is 1.11. The molecule has 0 fully saturated rings. The van der Waals surface area contributed by atoms with Gasteiger partial charge in [0.15, 0.2) is 0 Å². The molecule has 0 radical (unpaired) electrons. The zero-order chi connectivity index (χ0) is 98.5. The largest absolute Gasteiger partial charge is 0.310 e. The summed E-state index contributed by atoms with van der Waals surface area (Å²) >= 11 is 0. The maximum Gasteiger partial charge on any atom is 0.0542 e. The third-order valence-corrected chi connectivity index (χ3v) is 29.1. The fourth-order valence-electron chi connectivity index (χ4n) is 22.5. The Hall–Kier alpha value is -19.5. The van der Waals surface area contributed by atoms with Crippen LogP contribution in [-0.2, 0) is 0 Å². The first-order valence-electron chi connectivity index (χ1n) is 50.8. The molecule has 8 heteroatoms. The Bertz CT molecular complexity index is 9250. The van der Waals surface area contributed by atoms with E-state index in [-0.39, 0.29) is 0 Å². The van der Waals surface area contributed by atoms with E-state index in [0.717, 1.165) is 79.6 Å². The predicted octanol–water partition coefficient (Wildman–Crippen LogP) is 38.7. The summed E-state index contributed by atoms with van der Waals surface area (Å²) in [4.78, 5) is 9.32. The van der Waals surface area contributed by atoms with Crippen LogP contribution in [0.2, 0.25) is 0 Å². The second-order valence-electron chi connectivity index (χ2n) is 38.0. The van der Waals surface area contributed by atoms with Gasteiger partial charge in [0.1, 0.15) is 0 Å². The Morgan fingerprint density at radius 1 is 0.135 bits per heavy atom. The Labute approximate surface area is 859 Å². The average molecular weight is 1890 g/mol. The molecule has 0 aliphatic carbocycles. The summed E-state index contributed by atoms with van der Waals surface area (Å²) in [5.41, 5.74) is 35.1. The lowest BCUT2D eigenvalue weighted by Crippen LogP contribution is -2.09. The molecule has 8 nitrogen and oxygen atoms in total. The number of nitrogens with zero attached hydrogens (tertiary/aromatic N) is 8. The highest BCUT2D eigenvalue weighted by Crippen LogP contribution is 2.50. The van der Waals surface area contributed by atoms with Gasteiger partial charge in [-0.25, -0.2) is 0 Å². The number of para-hydroxylation sites is 11. The molecular formula is C140H100N8. The number of hydrogen-bond donors (Lipinski definition) is 0. The van der Waals surface area contributed by atoms with E-state index < -0.39 is 0 Å². The molecule has 0 aliphatic heterocycles. The molecule has 28 rings (SSSR count). The van der Waals surface area contributed by atoms with Crippen molar-refractivity contribution in [3.05, 3.63) is 581 Å². The fraction of sp³-hybridized carbons (Fsp3) is 0.0143. The fourth-order valence-corrected chi connectivity index (χ4v) is 22.5. The van der Waals surface area contributed by atoms with Crippen LogP contribution in [0.3, 0.4) is 0 Å². The molecule has 0 atom stereocenters. The van der Waals surface area contributed by atoms with Crippen molar-refractivity contribution in [3.63, 3.8) is 0 Å². The maximum atomic E-state index is 2.42. The van der Waals surface area contributed by atoms with Crippen LogP contribution >= 0.6 is 0 Å². The normalized spacial score (nSPS) is 11.4. The molecule has 0 N–H and O–H groups in total. The number of benzene rings is 24. The van der Waals surface area contributed by atoms with Crippen molar-refractivity contribution in [2.24, 2.45) is 0 Å². The molecule has 700 valence electrons. The van der Waals surface area contributed by atoms with Crippen molar-refractivity contribution in [2.45, 2.75) is 13.8 Å². The lowest BCUT2D eigenvalue weighted by atomic mass is 9.86. The molecule has 0 saturated carbocycles. The molecule has 24 aromatic carbocycles. The lowest BCUT2D eigenvalue weighted by Gasteiger charge is -2.25. The monoisotopic (exact) mass is 1890 g/mol. The molecule has 4 aromatic heterocycles. The van der Waals surface area contributed by atoms with E-state index >= 15 is 0 Å². The predicted molar refractivity (Wildman–Crippen MR) is 628 cm³/mol. The Kier molecular flexibility index (Phi) is 23.0. The summed E-state index contributed by atoms with van der Waals surface area (Å²) in [6, 6.07) is 206. The minimum Gasteiger partial charge on any atom is -0.310 e. The Balaban J connectivity index is 0.000000130. The smallest absolute Gasteiger partial charge is 0.0542 e. The highest BCUT2D eigenvalue weighted by Gasteiger charge is 2.27. The van der Waals surface area contributed by atoms with E-state index in [2.05, 4.69) is 622 Å². The van der Waals surface area contributed by atoms with E-state index in [1.165, 1.54) is 164 Å². The molecule has 0 unspecified atom stereocenters. The number of aromatic nitrogens is 4. The van der Waals surface area contributed by atoms with Crippen LogP contribution in [0.5, 0.6) is 0 Å². The van der Waals surface area contributed by atoms with Gasteiger partial charge in [0, 0.05) is 134 Å². The number of rotatable bonds is 18. The Morgan fingerprint density at radius 2 is 0.351 bits per heavy atom. The summed E-state index contributed by atoms with van der Waals surface area (Å²) in [5.74, 6) is 0. The summed E-state index contributed by atoms with van der Waals surface area (Å²) in [7, 11) is 0. The zero-order valence-electron chi connectivity index (χ0n) is 81.8. The van der Waals surface area contributed by atoms with Crippen LogP contribution in [-0.4, -0.2) is 18.3 Å². The number of fused-ring (bicyclic) bond motifs is 15. The number of hydrogen-bond acceptors (Lipinski definition) is 4. The lowest BCUT2D eigenvalue weighted by molar-refractivity contribution is 1.18. The van der Waals surface area contributed by atoms with E-state index in [0.29, 0.717) is 0 Å². The van der Waals surface area contributed by atoms with E-state index in [1.807, 2.05) is 0 Å². The van der Waals surface area contributed by atoms with Gasteiger partial charge < -0.3 is 37.9 Å². The standard InChI is InChI=1S/C74H50N4.C35H26N2.C31H24N2/c1-5-21-53(22-6-1)75(54-23-7-2-8-24-54)59-45-47-71-67(49-59)61-29-17-19-35-69(61)77(71)57-41-37-51(38-42-57)73-63-31-13-15-33-65(63)74(66-34-16-14-32-64(66)73)52-39-43-58(44-40-52)78-70-36-20-18-30-62(70)68-50-60(46-48-72(68)78)76(55-25-9-3-10-26-55)56-27-11-4-12-28-56;1-25-19-21-34-31(23-25)32-24-29(36(27-13-4-2-5-14-27)28-15-6-3-7-16-28)20-22-35(32)37(34)33-18-10-12-26-11-8-9-17-30(26)33;1-23-17-19-30-28(21-23)29-22-27(18-20-31(29)33(30)26-15-9-4-10-16-26)32(24-11-5-2-6-12-24)25-13-7-3-8-14-25/h1-50H;2-24H,1H3;2-22H,1H3. The Morgan fingerprint density at radius 3 is 0.655 bits per heavy atom. The number of aryl methyl sites for hydroxylation is 2. The van der Waals surface area contributed by atoms with E-state index in [4.69, 9.17) is 0 Å². The molecule has 4 heterocycles. The summed E-state index contributed by atoms with van der Waals surface area (Å²) in [6.07, 6.45) is 0. The average Bonchev–Trinajstić information content (AvgIpc) is 1.12. The van der Waals surface area contributed by atoms with Crippen LogP contribution in [0.15, 0.2) is 570 Å². The maximum absolute atomic E-state index is 2.42. The summed E-state index contributed by atoms with van der Waals surface area (Å²) in [5, 5.41) is 17.3. The van der Waals surface area contributed by atoms with Gasteiger partial charge in [-0.05, 0) is 312 Å². The second-order valence-corrected chi connectivity index (χ2v) is 38.0. The summed E-state index contributed by atoms with van der Waals surface area (Å²) in [6.45, 7) is 4.33. The van der Waals surface area contributed by atoms with Gasteiger partial charge in [0.25, 0.3) is 0 Å². The highest BCUT2D eigenvalue weighted by molar-refractivity contribution is 6.22. The van der Waals surface area contributed by atoms with Gasteiger partial charge in [-0.2, -0.15) is 0 Å². The zero-order valence-corrected chi connectivity index (χ0v) is 81.8. The molecule has 28 aromatic rings. The molecule has 0 aliphatic rings. The SMILES string of the molecule is Cc1ccc2c(c1)c1cc(N(c3ccccc3)c3ccccc3)ccc1n2-c1cccc2ccccc12.Cc1ccc2c(c1)c1cc(N(c3ccccc3)c3ccccc3)ccc1n2-c1ccccc1.c1ccc(N(c2ccccc2)c2ccc3c(c2)c2ccccc2n3-c2ccc(-c3c4ccccc4c(-c4ccc(-n5c6ccccc6c6cc(N(c7ccccc7)c7ccccc7)ccc65)cc4)c4ccccc34)cc2)cc1. The molecule has 148 heavy (non-hydrogen) atoms. The first-order chi connectivity index (χ1) is 73.3. The van der Waals surface area contributed by atoms with Gasteiger partial charge in [-0.3, -0.25) is 0 Å². The first kappa shape index (κ1) is 88.6. The quantitative estimate of drug-likeness (QED) is 0.0802. The third kappa shape index (κ3) is 16.1. The number of anilines is 12. The molecule has 0 spiro atoms. The summed E-state index contributed by atoms with van der Waals surface area (Å²) < 4.78 is 9.62. The molecule has 0 bridgehead atoms. The van der Waals surface area contributed by atoms with Crippen molar-refractivity contribution < 1.29 is 0 Å². The van der Waals surface area contributed by atoms with Crippen molar-refractivity contribution >= 4 is 188 Å². The third-order valence-electron chi connectivity index (χ3n) is 29.1. The van der Waals surface area contributed by atoms with Crippen molar-refractivity contribution in [1.29, 1.82) is 0 Å². The van der Waals surface area contributed by atoms with Crippen LogP contribution in [0.1, 0.15) is 11.1 Å². The van der Waals surface area contributed by atoms with Crippen LogP contribution in [0.25, 0.3) is 165 Å². The van der Waals surface area contributed by atoms with Crippen molar-refractivity contribution in [3.8, 4) is 45.0 Å². The van der Waals surface area contributed by atoms with Gasteiger partial charge in [0.05, 0.1) is 49.8 Å². The topological polar surface area (TPSA) is 32.7 Å². The first-order valence-corrected chi connectivity index (χ1v) is 50.8. The van der Waals surface area contributed by atoms with E-state index in [1.54, 1.807) is 0 Å². The van der Waals surface area contributed by atoms with Gasteiger partial charge in [0.2, 0.25) is 0 Å². The molecular weight excluding hydrogens is 1790 g/mol. The van der Waals surface area contributed by atoms with E-state index in [9.17, 15) is 0 Å². The van der Waals surface area contributed by atoms with Gasteiger partial charge >= 0.3 is 0 Å². The van der Waals surface area contributed by atoms with Crippen LogP contribution < -0.4 is 19.6 Å². The molecule has 0 amide bonds. The van der Waals surface area contributed by atoms with Crippen LogP contribution in [0, 0.1) is 13.8 Å². The van der Waals surface area contributed by atoms with Crippen molar-refractivity contribution in [1.82, 2.24) is 18.3 Å². The second kappa shape index (κ2) is 38.4. The van der Waals surface area contributed by atoms with Gasteiger partial charge in [-0.1, -0.05) is 333 Å².